The van der Waals surface area contributed by atoms with Gasteiger partial charge >= 0.3 is 0 Å². The van der Waals surface area contributed by atoms with E-state index in [9.17, 15) is 18.0 Å². The minimum absolute atomic E-state index is 0.0656. The minimum Gasteiger partial charge on any atom is -0.366 e. The molecule has 0 saturated heterocycles. The number of carbonyl (C=O) groups excluding carboxylic acids is 2. The monoisotopic (exact) mass is 369 g/mol. The highest BCUT2D eigenvalue weighted by Gasteiger charge is 2.18. The molecule has 0 radical (unpaired) electrons. The lowest BCUT2D eigenvalue weighted by molar-refractivity contribution is 0.0967. The van der Waals surface area contributed by atoms with Gasteiger partial charge in [0.2, 0.25) is 11.8 Å². The Morgan fingerprint density at radius 1 is 0.769 bits per heavy atom. The number of nitrogens with two attached hydrogens (primary N) is 2. The predicted molar refractivity (Wildman–Crippen MR) is 98.2 cm³/mol. The summed E-state index contributed by atoms with van der Waals surface area (Å²) in [6, 6.07) is 15.9. The summed E-state index contributed by atoms with van der Waals surface area (Å²) < 4.78 is 27.6. The number of hydrogen-bond acceptors (Lipinski definition) is 4. The van der Waals surface area contributed by atoms with Gasteiger partial charge < -0.3 is 11.5 Å². The Kier molecular flexibility index (Phi) is 4.35. The quantitative estimate of drug-likeness (QED) is 0.633. The van der Waals surface area contributed by atoms with E-state index in [1.807, 2.05) is 18.2 Å². The van der Waals surface area contributed by atoms with Crippen molar-refractivity contribution in [3.05, 3.63) is 71.8 Å². The zero-order chi connectivity index (χ0) is 18.9. The van der Waals surface area contributed by atoms with Crippen LogP contribution in [0.3, 0.4) is 0 Å². The number of primary amides is 2. The van der Waals surface area contributed by atoms with Crippen LogP contribution in [0.25, 0.3) is 10.8 Å². The summed E-state index contributed by atoms with van der Waals surface area (Å²) in [6.07, 6.45) is 0. The summed E-state index contributed by atoms with van der Waals surface area (Å²) >= 11 is 0. The first kappa shape index (κ1) is 17.4. The Morgan fingerprint density at radius 2 is 1.42 bits per heavy atom. The van der Waals surface area contributed by atoms with E-state index in [1.54, 1.807) is 18.2 Å². The molecule has 0 aliphatic rings. The van der Waals surface area contributed by atoms with Crippen LogP contribution in [0.2, 0.25) is 0 Å². The topological polar surface area (TPSA) is 132 Å². The average molecular weight is 369 g/mol. The number of fused-ring (bicyclic) bond motifs is 1. The number of carbonyl (C=O) groups is 2. The van der Waals surface area contributed by atoms with E-state index in [2.05, 4.69) is 4.72 Å². The third-order valence-electron chi connectivity index (χ3n) is 3.83. The highest BCUT2D eigenvalue weighted by Crippen LogP contribution is 2.23. The van der Waals surface area contributed by atoms with Crippen LogP contribution < -0.4 is 16.2 Å². The molecule has 0 saturated carbocycles. The van der Waals surface area contributed by atoms with Crippen molar-refractivity contribution in [1.29, 1.82) is 0 Å². The van der Waals surface area contributed by atoms with Crippen molar-refractivity contribution in [3.63, 3.8) is 0 Å². The first-order valence-electron chi connectivity index (χ1n) is 7.53. The summed E-state index contributed by atoms with van der Waals surface area (Å²) in [5.74, 6) is -1.71. The van der Waals surface area contributed by atoms with Crippen molar-refractivity contribution in [3.8, 4) is 0 Å². The summed E-state index contributed by atoms with van der Waals surface area (Å²) in [6.45, 7) is 0. The molecule has 0 aliphatic carbocycles. The molecule has 7 nitrogen and oxygen atoms in total. The first-order valence-corrected chi connectivity index (χ1v) is 9.01. The number of amides is 2. The van der Waals surface area contributed by atoms with Crippen LogP contribution in [0.4, 0.5) is 5.69 Å². The van der Waals surface area contributed by atoms with E-state index in [0.29, 0.717) is 0 Å². The first-order chi connectivity index (χ1) is 12.3. The predicted octanol–water partition coefficient (Wildman–Crippen LogP) is 1.84. The molecule has 132 valence electrons. The standard InChI is InChI=1S/C18H15N3O4S/c19-17(22)15-8-6-13(10-16(15)18(20)23)21-26(24,25)14-7-5-11-3-1-2-4-12(11)9-14/h1-10,21H,(H2,19,22)(H2,20,23). The fourth-order valence-electron chi connectivity index (χ4n) is 2.58. The van der Waals surface area contributed by atoms with Gasteiger partial charge in [-0.05, 0) is 41.1 Å². The van der Waals surface area contributed by atoms with Crippen LogP contribution >= 0.6 is 0 Å². The second-order valence-corrected chi connectivity index (χ2v) is 7.29. The van der Waals surface area contributed by atoms with Crippen LogP contribution in [-0.4, -0.2) is 20.2 Å². The van der Waals surface area contributed by atoms with E-state index in [-0.39, 0.29) is 21.7 Å². The Labute approximate surface area is 149 Å². The Balaban J connectivity index is 1.99. The van der Waals surface area contributed by atoms with E-state index in [4.69, 9.17) is 11.5 Å². The molecule has 5 N–H and O–H groups in total. The van der Waals surface area contributed by atoms with E-state index in [1.165, 1.54) is 24.3 Å². The molecule has 0 aliphatic heterocycles. The van der Waals surface area contributed by atoms with Gasteiger partial charge in [-0.1, -0.05) is 30.3 Å². The summed E-state index contributed by atoms with van der Waals surface area (Å²) in [5, 5.41) is 1.69. The smallest absolute Gasteiger partial charge is 0.261 e. The van der Waals surface area contributed by atoms with E-state index >= 15 is 0 Å². The van der Waals surface area contributed by atoms with Crippen LogP contribution in [-0.2, 0) is 10.0 Å². The van der Waals surface area contributed by atoms with Gasteiger partial charge in [0.15, 0.2) is 0 Å². The fourth-order valence-corrected chi connectivity index (χ4v) is 3.66. The zero-order valence-corrected chi connectivity index (χ0v) is 14.3. The van der Waals surface area contributed by atoms with Gasteiger partial charge in [-0.3, -0.25) is 14.3 Å². The maximum atomic E-state index is 12.6. The lowest BCUT2D eigenvalue weighted by Gasteiger charge is -2.11. The van der Waals surface area contributed by atoms with Crippen LogP contribution in [0.15, 0.2) is 65.6 Å². The molecule has 0 spiro atoms. The van der Waals surface area contributed by atoms with Crippen molar-refractivity contribution in [1.82, 2.24) is 0 Å². The molecule has 3 aromatic rings. The number of sulfonamides is 1. The molecule has 0 fully saturated rings. The van der Waals surface area contributed by atoms with E-state index < -0.39 is 21.8 Å². The number of benzene rings is 3. The number of nitrogens with one attached hydrogen (secondary N) is 1. The molecule has 8 heteroatoms. The summed E-state index contributed by atoms with van der Waals surface area (Å²) in [4.78, 5) is 22.9. The van der Waals surface area contributed by atoms with Crippen LogP contribution in [0, 0.1) is 0 Å². The van der Waals surface area contributed by atoms with Crippen molar-refractivity contribution in [2.45, 2.75) is 4.90 Å². The third kappa shape index (κ3) is 3.35. The maximum absolute atomic E-state index is 12.6. The fraction of sp³-hybridized carbons (Fsp3) is 0. The number of anilines is 1. The zero-order valence-electron chi connectivity index (χ0n) is 13.5. The van der Waals surface area contributed by atoms with Gasteiger partial charge in [-0.15, -0.1) is 0 Å². The van der Waals surface area contributed by atoms with Gasteiger partial charge in [0.25, 0.3) is 10.0 Å². The SMILES string of the molecule is NC(=O)c1ccc(NS(=O)(=O)c2ccc3ccccc3c2)cc1C(N)=O. The summed E-state index contributed by atoms with van der Waals surface area (Å²) in [7, 11) is -3.90. The normalized spacial score (nSPS) is 11.2. The van der Waals surface area contributed by atoms with Gasteiger partial charge in [0.1, 0.15) is 0 Å². The van der Waals surface area contributed by atoms with Crippen molar-refractivity contribution >= 4 is 38.3 Å². The highest BCUT2D eigenvalue weighted by molar-refractivity contribution is 7.92. The second kappa shape index (κ2) is 6.49. The highest BCUT2D eigenvalue weighted by atomic mass is 32.2. The lowest BCUT2D eigenvalue weighted by atomic mass is 10.1. The van der Waals surface area contributed by atoms with Gasteiger partial charge in [-0.2, -0.15) is 0 Å². The van der Waals surface area contributed by atoms with Gasteiger partial charge in [-0.25, -0.2) is 8.42 Å². The molecule has 0 unspecified atom stereocenters. The molecule has 0 bridgehead atoms. The lowest BCUT2D eigenvalue weighted by Crippen LogP contribution is -2.21. The van der Waals surface area contributed by atoms with E-state index in [0.717, 1.165) is 10.8 Å². The van der Waals surface area contributed by atoms with Gasteiger partial charge in [0, 0.05) is 5.69 Å². The van der Waals surface area contributed by atoms with Crippen molar-refractivity contribution in [2.24, 2.45) is 11.5 Å². The number of rotatable bonds is 5. The molecule has 3 aromatic carbocycles. The molecule has 26 heavy (non-hydrogen) atoms. The van der Waals surface area contributed by atoms with Crippen molar-refractivity contribution in [2.75, 3.05) is 4.72 Å². The van der Waals surface area contributed by atoms with Crippen LogP contribution in [0.5, 0.6) is 0 Å². The van der Waals surface area contributed by atoms with Gasteiger partial charge in [0.05, 0.1) is 16.0 Å². The molecule has 0 aromatic heterocycles. The average Bonchev–Trinajstić information content (AvgIpc) is 2.60. The molecular weight excluding hydrogens is 354 g/mol. The Bertz CT molecular complexity index is 1140. The van der Waals surface area contributed by atoms with Crippen LogP contribution in [0.1, 0.15) is 20.7 Å². The molecular formula is C18H15N3O4S. The number of hydrogen-bond donors (Lipinski definition) is 3. The second-order valence-electron chi connectivity index (χ2n) is 5.60. The maximum Gasteiger partial charge on any atom is 0.261 e. The van der Waals surface area contributed by atoms with Crippen molar-refractivity contribution < 1.29 is 18.0 Å². The summed E-state index contributed by atoms with van der Waals surface area (Å²) in [5.41, 5.74) is 10.3. The largest absolute Gasteiger partial charge is 0.366 e. The molecule has 2 amide bonds. The minimum atomic E-state index is -3.90. The molecule has 0 atom stereocenters. The Hall–Kier alpha value is -3.39. The Morgan fingerprint density at radius 3 is 2.08 bits per heavy atom. The molecule has 3 rings (SSSR count). The third-order valence-corrected chi connectivity index (χ3v) is 5.21. The molecule has 0 heterocycles.